The molecule has 0 aromatic carbocycles. The van der Waals surface area contributed by atoms with Crippen molar-refractivity contribution in [2.75, 3.05) is 0 Å². The van der Waals surface area contributed by atoms with Gasteiger partial charge in [-0.3, -0.25) is 14.4 Å². The molecule has 1 aliphatic carbocycles. The molecule has 0 amide bonds. The lowest BCUT2D eigenvalue weighted by Crippen LogP contribution is -2.32. The molecule has 118 valence electrons. The third kappa shape index (κ3) is 2.84. The topological polar surface area (TPSA) is 96.1 Å². The number of aryl methyl sites for hydroxylation is 1. The largest absolute Gasteiger partial charge is 0.349 e. The summed E-state index contributed by atoms with van der Waals surface area (Å²) in [7, 11) is 0. The number of ketones is 2. The lowest BCUT2D eigenvalue weighted by molar-refractivity contribution is 0.0967. The molecule has 23 heavy (non-hydrogen) atoms. The van der Waals surface area contributed by atoms with E-state index >= 15 is 0 Å². The lowest BCUT2D eigenvalue weighted by Gasteiger charge is -2.22. The van der Waals surface area contributed by atoms with Gasteiger partial charge in [0.15, 0.2) is 5.78 Å². The fraction of sp³-hybridized carbons (Fsp3) is 0.235. The van der Waals surface area contributed by atoms with Crippen molar-refractivity contribution in [1.29, 1.82) is 0 Å². The first kappa shape index (κ1) is 16.4. The Labute approximate surface area is 132 Å². The molecular formula is C17H16N2O4. The van der Waals surface area contributed by atoms with Crippen LogP contribution in [0.1, 0.15) is 46.7 Å². The van der Waals surface area contributed by atoms with E-state index in [1.807, 2.05) is 13.0 Å². The number of carbonyl (C=O) groups is 2. The molecule has 0 unspecified atom stereocenters. The SMILES string of the molecule is CC/C=C(/C)C1=C(NC=C=O)C(=O)c2[nH]c(=O)cc(C)c2C1=O. The molecule has 0 radical (unpaired) electrons. The molecule has 0 saturated carbocycles. The summed E-state index contributed by atoms with van der Waals surface area (Å²) in [4.78, 5) is 50.0. The van der Waals surface area contributed by atoms with Crippen molar-refractivity contribution in [3.05, 3.63) is 62.4 Å². The van der Waals surface area contributed by atoms with E-state index in [0.717, 1.165) is 6.20 Å². The van der Waals surface area contributed by atoms with Crippen molar-refractivity contribution in [1.82, 2.24) is 10.3 Å². The second-order valence-electron chi connectivity index (χ2n) is 5.18. The first-order chi connectivity index (χ1) is 10.9. The number of hydrogen-bond donors (Lipinski definition) is 2. The number of pyridine rings is 1. The highest BCUT2D eigenvalue weighted by molar-refractivity contribution is 6.28. The maximum absolute atomic E-state index is 12.9. The quantitative estimate of drug-likeness (QED) is 0.823. The summed E-state index contributed by atoms with van der Waals surface area (Å²) in [5.41, 5.74) is 0.902. The van der Waals surface area contributed by atoms with E-state index in [9.17, 15) is 19.2 Å². The van der Waals surface area contributed by atoms with E-state index in [1.54, 1.807) is 13.8 Å². The Morgan fingerprint density at radius 1 is 1.30 bits per heavy atom. The van der Waals surface area contributed by atoms with Gasteiger partial charge in [-0.2, -0.15) is 0 Å². The maximum Gasteiger partial charge on any atom is 0.248 e. The zero-order valence-electron chi connectivity index (χ0n) is 13.1. The van der Waals surface area contributed by atoms with Gasteiger partial charge in [-0.05, 0) is 31.4 Å². The number of rotatable bonds is 4. The predicted molar refractivity (Wildman–Crippen MR) is 84.9 cm³/mol. The number of allylic oxidation sites excluding steroid dienone is 4. The molecule has 0 fully saturated rings. The van der Waals surface area contributed by atoms with E-state index in [1.165, 1.54) is 12.0 Å². The Balaban J connectivity index is 2.80. The van der Waals surface area contributed by atoms with Crippen molar-refractivity contribution >= 4 is 17.5 Å². The molecule has 1 heterocycles. The number of hydrogen-bond acceptors (Lipinski definition) is 5. The number of fused-ring (bicyclic) bond motifs is 1. The molecule has 6 heteroatoms. The molecule has 0 aliphatic heterocycles. The molecular weight excluding hydrogens is 296 g/mol. The summed E-state index contributed by atoms with van der Waals surface area (Å²) in [6.45, 7) is 5.25. The van der Waals surface area contributed by atoms with Gasteiger partial charge in [-0.1, -0.05) is 13.0 Å². The minimum absolute atomic E-state index is 0.0331. The van der Waals surface area contributed by atoms with Crippen LogP contribution in [-0.2, 0) is 4.79 Å². The average Bonchev–Trinajstić information content (AvgIpc) is 2.48. The fourth-order valence-corrected chi connectivity index (χ4v) is 2.65. The lowest BCUT2D eigenvalue weighted by atomic mass is 9.84. The molecule has 0 spiro atoms. The zero-order valence-corrected chi connectivity index (χ0v) is 13.1. The number of H-pyrrole nitrogens is 1. The van der Waals surface area contributed by atoms with Crippen molar-refractivity contribution in [2.45, 2.75) is 27.2 Å². The summed E-state index contributed by atoms with van der Waals surface area (Å²) in [6, 6.07) is 1.28. The third-order valence-electron chi connectivity index (χ3n) is 3.58. The third-order valence-corrected chi connectivity index (χ3v) is 3.58. The summed E-state index contributed by atoms with van der Waals surface area (Å²) in [5, 5.41) is 2.52. The minimum atomic E-state index is -0.536. The second-order valence-corrected chi connectivity index (χ2v) is 5.18. The van der Waals surface area contributed by atoms with Crippen LogP contribution in [0.5, 0.6) is 0 Å². The van der Waals surface area contributed by atoms with Crippen LogP contribution >= 0.6 is 0 Å². The average molecular weight is 312 g/mol. The van der Waals surface area contributed by atoms with Crippen LogP contribution in [0.3, 0.4) is 0 Å². The molecule has 1 aromatic heterocycles. The standard InChI is InChI=1S/C17H16N2O4/c1-4-5-9(2)12-14(18-6-7-20)17(23)15-13(16(12)22)10(3)8-11(21)19-15/h5-6,8,18H,4H2,1-3H3,(H,19,21)/b9-5-. The Kier molecular flexibility index (Phi) is 4.57. The van der Waals surface area contributed by atoms with Crippen molar-refractivity contribution in [3.8, 4) is 0 Å². The van der Waals surface area contributed by atoms with Crippen molar-refractivity contribution in [3.63, 3.8) is 0 Å². The van der Waals surface area contributed by atoms with Crippen LogP contribution in [-0.4, -0.2) is 22.5 Å². The molecule has 0 atom stereocenters. The van der Waals surface area contributed by atoms with E-state index in [0.29, 0.717) is 17.6 Å². The van der Waals surface area contributed by atoms with Gasteiger partial charge in [-0.15, -0.1) is 0 Å². The minimum Gasteiger partial charge on any atom is -0.349 e. The van der Waals surface area contributed by atoms with Gasteiger partial charge in [0.05, 0.1) is 17.3 Å². The van der Waals surface area contributed by atoms with Crippen molar-refractivity contribution < 1.29 is 14.4 Å². The summed E-state index contributed by atoms with van der Waals surface area (Å²) < 4.78 is 0. The van der Waals surface area contributed by atoms with E-state index in [4.69, 9.17) is 0 Å². The van der Waals surface area contributed by atoms with Crippen LogP contribution in [0.4, 0.5) is 0 Å². The first-order valence-corrected chi connectivity index (χ1v) is 7.13. The number of carbonyl (C=O) groups excluding carboxylic acids is 3. The van der Waals surface area contributed by atoms with Crippen LogP contribution in [0.2, 0.25) is 0 Å². The Bertz CT molecular complexity index is 865. The van der Waals surface area contributed by atoms with Gasteiger partial charge < -0.3 is 10.3 Å². The molecule has 1 aliphatic rings. The molecule has 6 nitrogen and oxygen atoms in total. The molecule has 2 N–H and O–H groups in total. The van der Waals surface area contributed by atoms with Gasteiger partial charge in [0.25, 0.3) is 0 Å². The van der Waals surface area contributed by atoms with E-state index < -0.39 is 11.3 Å². The highest BCUT2D eigenvalue weighted by Gasteiger charge is 2.34. The highest BCUT2D eigenvalue weighted by Crippen LogP contribution is 2.29. The Morgan fingerprint density at radius 2 is 2.00 bits per heavy atom. The number of aromatic amines is 1. The number of Topliss-reactive ketones (excluding diaryl/α,β-unsaturated/α-hetero) is 2. The second kappa shape index (κ2) is 6.42. The predicted octanol–water partition coefficient (Wildman–Crippen LogP) is 1.61. The van der Waals surface area contributed by atoms with Crippen LogP contribution in [0.15, 0.2) is 40.0 Å². The van der Waals surface area contributed by atoms with Crippen LogP contribution in [0.25, 0.3) is 0 Å². The number of nitrogens with one attached hydrogen (secondary N) is 2. The summed E-state index contributed by atoms with van der Waals surface area (Å²) in [5.74, 6) is 0.613. The van der Waals surface area contributed by atoms with Gasteiger partial charge >= 0.3 is 0 Å². The summed E-state index contributed by atoms with van der Waals surface area (Å²) in [6.07, 6.45) is 3.42. The van der Waals surface area contributed by atoms with Crippen molar-refractivity contribution in [2.24, 2.45) is 0 Å². The molecule has 0 saturated heterocycles. The van der Waals surface area contributed by atoms with E-state index in [2.05, 4.69) is 10.3 Å². The number of aromatic nitrogens is 1. The van der Waals surface area contributed by atoms with Gasteiger partial charge in [0.1, 0.15) is 17.3 Å². The normalized spacial score (nSPS) is 14.5. The zero-order chi connectivity index (χ0) is 17.1. The van der Waals surface area contributed by atoms with Gasteiger partial charge in [-0.25, -0.2) is 4.79 Å². The van der Waals surface area contributed by atoms with E-state index in [-0.39, 0.29) is 28.3 Å². The molecule has 2 rings (SSSR count). The smallest absolute Gasteiger partial charge is 0.248 e. The van der Waals surface area contributed by atoms with Gasteiger partial charge in [0, 0.05) is 6.07 Å². The molecule has 0 bridgehead atoms. The Morgan fingerprint density at radius 3 is 2.61 bits per heavy atom. The first-order valence-electron chi connectivity index (χ1n) is 7.13. The fourth-order valence-electron chi connectivity index (χ4n) is 2.65. The molecule has 1 aromatic rings. The van der Waals surface area contributed by atoms with Crippen LogP contribution < -0.4 is 10.9 Å². The highest BCUT2D eigenvalue weighted by atomic mass is 16.1. The Hall–Kier alpha value is -2.98. The monoisotopic (exact) mass is 312 g/mol. The van der Waals surface area contributed by atoms with Gasteiger partial charge in [0.2, 0.25) is 11.3 Å². The van der Waals surface area contributed by atoms with Crippen LogP contribution in [0, 0.1) is 6.92 Å². The summed E-state index contributed by atoms with van der Waals surface area (Å²) >= 11 is 0. The maximum atomic E-state index is 12.9.